The van der Waals surface area contributed by atoms with Crippen molar-refractivity contribution in [3.63, 3.8) is 0 Å². The Morgan fingerprint density at radius 2 is 1.35 bits per heavy atom. The van der Waals surface area contributed by atoms with Crippen LogP contribution in [0.15, 0.2) is 77.7 Å². The predicted molar refractivity (Wildman–Crippen MR) is 123 cm³/mol. The molecule has 6 heteroatoms. The first-order chi connectivity index (χ1) is 14.7. The van der Waals surface area contributed by atoms with Crippen molar-refractivity contribution in [2.45, 2.75) is 37.6 Å². The van der Waals surface area contributed by atoms with Crippen LogP contribution in [0.2, 0.25) is 0 Å². The van der Waals surface area contributed by atoms with Crippen LogP contribution in [0.5, 0.6) is 0 Å². The van der Waals surface area contributed by atoms with Gasteiger partial charge in [-0.2, -0.15) is 0 Å². The fourth-order valence-electron chi connectivity index (χ4n) is 4.24. The Hall–Kier alpha value is -3.12. The van der Waals surface area contributed by atoms with Crippen molar-refractivity contribution in [3.8, 4) is 0 Å². The minimum Gasteiger partial charge on any atom is -0.344 e. The van der Waals surface area contributed by atoms with Gasteiger partial charge in [0.1, 0.15) is 0 Å². The van der Waals surface area contributed by atoms with E-state index in [2.05, 4.69) is 0 Å². The third kappa shape index (κ3) is 3.51. The summed E-state index contributed by atoms with van der Waals surface area (Å²) in [6.45, 7) is 5.36. The molecule has 3 aromatic rings. The van der Waals surface area contributed by atoms with E-state index in [0.29, 0.717) is 0 Å². The summed E-state index contributed by atoms with van der Waals surface area (Å²) in [6.07, 6.45) is 0. The first kappa shape index (κ1) is 21.1. The van der Waals surface area contributed by atoms with Gasteiger partial charge in [-0.1, -0.05) is 54.1 Å². The molecule has 4 rings (SSSR count). The summed E-state index contributed by atoms with van der Waals surface area (Å²) in [5.74, 6) is -1.14. The van der Waals surface area contributed by atoms with Crippen LogP contribution in [0.25, 0.3) is 0 Å². The van der Waals surface area contributed by atoms with Crippen molar-refractivity contribution < 1.29 is 13.2 Å². The predicted octanol–water partition coefficient (Wildman–Crippen LogP) is 4.83. The molecule has 31 heavy (non-hydrogen) atoms. The van der Waals surface area contributed by atoms with Crippen molar-refractivity contribution in [2.24, 2.45) is 0 Å². The lowest BCUT2D eigenvalue weighted by atomic mass is 9.84. The van der Waals surface area contributed by atoms with Crippen molar-refractivity contribution >= 4 is 27.3 Å². The molecule has 0 N–H and O–H groups in total. The third-order valence-electron chi connectivity index (χ3n) is 5.73. The van der Waals surface area contributed by atoms with Crippen LogP contribution in [-0.4, -0.2) is 31.7 Å². The maximum absolute atomic E-state index is 14.0. The standard InChI is InChI=1S/C25H26N2O3S/c1-17(2)27(31(29,30)19-15-13-18(3)14-16-19)25(28)24-20-9-5-7-11-22(20)26(4)23-12-8-6-10-21(23)24/h5-17,24H,1-4H3. The SMILES string of the molecule is Cc1ccc(S(=O)(=O)N(C(=O)C2c3ccccc3N(C)c3ccccc32)C(C)C)cc1. The van der Waals surface area contributed by atoms with Gasteiger partial charge in [0.2, 0.25) is 5.91 Å². The lowest BCUT2D eigenvalue weighted by molar-refractivity contribution is -0.128. The van der Waals surface area contributed by atoms with Crippen LogP contribution >= 0.6 is 0 Å². The van der Waals surface area contributed by atoms with Gasteiger partial charge in [0.15, 0.2) is 0 Å². The lowest BCUT2D eigenvalue weighted by Crippen LogP contribution is -2.45. The molecule has 5 nitrogen and oxygen atoms in total. The molecule has 0 radical (unpaired) electrons. The summed E-state index contributed by atoms with van der Waals surface area (Å²) in [5, 5.41) is 0. The second-order valence-electron chi connectivity index (χ2n) is 8.16. The van der Waals surface area contributed by atoms with E-state index in [1.165, 1.54) is 0 Å². The number of hydrogen-bond donors (Lipinski definition) is 0. The Labute approximate surface area is 184 Å². The van der Waals surface area contributed by atoms with Crippen LogP contribution < -0.4 is 4.90 Å². The average molecular weight is 435 g/mol. The summed E-state index contributed by atoms with van der Waals surface area (Å²) in [7, 11) is -2.05. The van der Waals surface area contributed by atoms with Gasteiger partial charge in [-0.15, -0.1) is 0 Å². The molecule has 0 unspecified atom stereocenters. The van der Waals surface area contributed by atoms with Crippen molar-refractivity contribution in [1.29, 1.82) is 0 Å². The first-order valence-electron chi connectivity index (χ1n) is 10.3. The Kier molecular flexibility index (Phi) is 5.35. The van der Waals surface area contributed by atoms with E-state index >= 15 is 0 Å². The van der Waals surface area contributed by atoms with Crippen molar-refractivity contribution in [3.05, 3.63) is 89.5 Å². The number of fused-ring (bicyclic) bond motifs is 2. The molecule has 0 saturated heterocycles. The molecule has 0 aromatic heterocycles. The first-order valence-corrected chi connectivity index (χ1v) is 11.7. The fourth-order valence-corrected chi connectivity index (χ4v) is 5.84. The Morgan fingerprint density at radius 1 is 0.871 bits per heavy atom. The number of aryl methyl sites for hydroxylation is 1. The zero-order chi connectivity index (χ0) is 22.3. The normalized spacial score (nSPS) is 13.6. The van der Waals surface area contributed by atoms with Gasteiger partial charge in [-0.05, 0) is 56.2 Å². The molecule has 0 bridgehead atoms. The molecule has 0 atom stereocenters. The number of carbonyl (C=O) groups excluding carboxylic acids is 1. The van der Waals surface area contributed by atoms with Crippen LogP contribution in [0.1, 0.15) is 36.5 Å². The van der Waals surface area contributed by atoms with E-state index in [1.54, 1.807) is 38.1 Å². The van der Waals surface area contributed by atoms with Gasteiger partial charge >= 0.3 is 0 Å². The minimum absolute atomic E-state index is 0.120. The van der Waals surface area contributed by atoms with E-state index in [-0.39, 0.29) is 4.90 Å². The van der Waals surface area contributed by atoms with E-state index < -0.39 is 27.9 Å². The highest BCUT2D eigenvalue weighted by Crippen LogP contribution is 2.45. The van der Waals surface area contributed by atoms with Crippen LogP contribution in [0.3, 0.4) is 0 Å². The second-order valence-corrected chi connectivity index (χ2v) is 9.97. The summed E-state index contributed by atoms with van der Waals surface area (Å²) in [6, 6.07) is 21.4. The summed E-state index contributed by atoms with van der Waals surface area (Å²) in [5.41, 5.74) is 4.36. The van der Waals surface area contributed by atoms with Gasteiger partial charge in [0.25, 0.3) is 10.0 Å². The van der Waals surface area contributed by atoms with E-state index in [4.69, 9.17) is 0 Å². The Balaban J connectivity index is 1.88. The number of anilines is 2. The number of nitrogens with zero attached hydrogens (tertiary/aromatic N) is 2. The molecule has 0 fully saturated rings. The highest BCUT2D eigenvalue weighted by Gasteiger charge is 2.41. The number of para-hydroxylation sites is 2. The monoisotopic (exact) mass is 434 g/mol. The molecule has 1 aliphatic rings. The molecular formula is C25H26N2O3S. The number of hydrogen-bond acceptors (Lipinski definition) is 4. The van der Waals surface area contributed by atoms with Gasteiger partial charge in [-0.25, -0.2) is 12.7 Å². The smallest absolute Gasteiger partial charge is 0.266 e. The molecule has 160 valence electrons. The van der Waals surface area contributed by atoms with E-state index in [9.17, 15) is 13.2 Å². The summed E-state index contributed by atoms with van der Waals surface area (Å²) >= 11 is 0. The largest absolute Gasteiger partial charge is 0.344 e. The van der Waals surface area contributed by atoms with Crippen LogP contribution in [0.4, 0.5) is 11.4 Å². The van der Waals surface area contributed by atoms with Gasteiger partial charge in [0.05, 0.1) is 10.8 Å². The van der Waals surface area contributed by atoms with Crippen molar-refractivity contribution in [2.75, 3.05) is 11.9 Å². The maximum atomic E-state index is 14.0. The van der Waals surface area contributed by atoms with E-state index in [1.807, 2.05) is 67.4 Å². The maximum Gasteiger partial charge on any atom is 0.266 e. The summed E-state index contributed by atoms with van der Waals surface area (Å²) < 4.78 is 28.1. The summed E-state index contributed by atoms with van der Waals surface area (Å²) in [4.78, 5) is 16.2. The number of amides is 1. The highest BCUT2D eigenvalue weighted by molar-refractivity contribution is 7.89. The molecule has 3 aromatic carbocycles. The minimum atomic E-state index is -4.01. The zero-order valence-corrected chi connectivity index (χ0v) is 18.9. The van der Waals surface area contributed by atoms with Gasteiger partial charge in [0, 0.05) is 24.5 Å². The average Bonchev–Trinajstić information content (AvgIpc) is 2.74. The number of carbonyl (C=O) groups is 1. The molecule has 1 heterocycles. The van der Waals surface area contributed by atoms with Gasteiger partial charge < -0.3 is 4.90 Å². The Morgan fingerprint density at radius 3 is 1.84 bits per heavy atom. The molecule has 0 aliphatic carbocycles. The molecular weight excluding hydrogens is 408 g/mol. The number of sulfonamides is 1. The quantitative estimate of drug-likeness (QED) is 0.590. The molecule has 0 saturated carbocycles. The molecule has 1 aliphatic heterocycles. The fraction of sp³-hybridized carbons (Fsp3) is 0.240. The van der Waals surface area contributed by atoms with Crippen LogP contribution in [-0.2, 0) is 14.8 Å². The van der Waals surface area contributed by atoms with Crippen molar-refractivity contribution in [1.82, 2.24) is 4.31 Å². The van der Waals surface area contributed by atoms with Crippen LogP contribution in [0, 0.1) is 6.92 Å². The lowest BCUT2D eigenvalue weighted by Gasteiger charge is -2.37. The Bertz CT molecular complexity index is 1190. The molecule has 0 spiro atoms. The highest BCUT2D eigenvalue weighted by atomic mass is 32.2. The third-order valence-corrected chi connectivity index (χ3v) is 7.72. The molecule has 1 amide bonds. The van der Waals surface area contributed by atoms with Gasteiger partial charge in [-0.3, -0.25) is 4.79 Å². The second kappa shape index (κ2) is 7.85. The number of benzene rings is 3. The number of rotatable bonds is 4. The topological polar surface area (TPSA) is 57.7 Å². The van der Waals surface area contributed by atoms with E-state index in [0.717, 1.165) is 32.4 Å². The zero-order valence-electron chi connectivity index (χ0n) is 18.1.